The first-order chi connectivity index (χ1) is 11.2. The van der Waals surface area contributed by atoms with Crippen molar-refractivity contribution in [2.24, 2.45) is 0 Å². The number of hydrogen-bond acceptors (Lipinski definition) is 2. The van der Waals surface area contributed by atoms with Gasteiger partial charge in [0.05, 0.1) is 21.3 Å². The van der Waals surface area contributed by atoms with Crippen molar-refractivity contribution in [2.75, 3.05) is 11.9 Å². The Morgan fingerprint density at radius 3 is 2.46 bits per heavy atom. The maximum atomic E-state index is 12.9. The number of amides is 1. The molecule has 0 saturated heterocycles. The monoisotopic (exact) mass is 381 g/mol. The fraction of sp³-hybridized carbons (Fsp3) is 0.133. The summed E-state index contributed by atoms with van der Waals surface area (Å²) in [5, 5.41) is 1.71. The van der Waals surface area contributed by atoms with Gasteiger partial charge >= 0.3 is 6.18 Å². The Morgan fingerprint density at radius 1 is 1.12 bits per heavy atom. The van der Waals surface area contributed by atoms with E-state index in [1.165, 1.54) is 12.1 Å². The van der Waals surface area contributed by atoms with Crippen LogP contribution in [0.3, 0.4) is 0 Å². The Hall–Kier alpha value is -1.99. The Kier molecular flexibility index (Phi) is 5.56. The van der Waals surface area contributed by atoms with Crippen LogP contribution in [0.5, 0.6) is 5.75 Å². The molecule has 1 N–H and O–H groups in total. The molecule has 0 fully saturated rings. The maximum absolute atomic E-state index is 12.9. The Morgan fingerprint density at radius 2 is 1.83 bits per heavy atom. The van der Waals surface area contributed by atoms with Gasteiger partial charge in [0.1, 0.15) is 11.6 Å². The molecule has 0 atom stereocenters. The number of anilines is 1. The minimum absolute atomic E-state index is 0.0171. The van der Waals surface area contributed by atoms with Crippen molar-refractivity contribution in [3.8, 4) is 5.75 Å². The summed E-state index contributed by atoms with van der Waals surface area (Å²) in [5.74, 6) is -1.46. The number of nitrogens with one attached hydrogen (secondary N) is 1. The molecule has 0 bridgehead atoms. The SMILES string of the molecule is O=C(COc1ccc(F)cc1Cl)Nc1c(Cl)cccc1C(F)(F)F. The van der Waals surface area contributed by atoms with Gasteiger partial charge in [-0.25, -0.2) is 4.39 Å². The summed E-state index contributed by atoms with van der Waals surface area (Å²) in [4.78, 5) is 11.8. The third-order valence-electron chi connectivity index (χ3n) is 2.84. The molecule has 0 radical (unpaired) electrons. The molecule has 0 spiro atoms. The quantitative estimate of drug-likeness (QED) is 0.742. The molecule has 1 amide bonds. The van der Waals surface area contributed by atoms with Crippen molar-refractivity contribution in [3.63, 3.8) is 0 Å². The highest BCUT2D eigenvalue weighted by molar-refractivity contribution is 6.34. The Bertz CT molecular complexity index is 766. The zero-order valence-electron chi connectivity index (χ0n) is 11.8. The van der Waals surface area contributed by atoms with Crippen LogP contribution in [-0.2, 0) is 11.0 Å². The van der Waals surface area contributed by atoms with Crippen molar-refractivity contribution in [2.45, 2.75) is 6.18 Å². The molecule has 128 valence electrons. The minimum Gasteiger partial charge on any atom is -0.482 e. The van der Waals surface area contributed by atoms with Gasteiger partial charge in [0.2, 0.25) is 0 Å². The number of alkyl halides is 3. The standard InChI is InChI=1S/C15H9Cl2F4NO2/c16-10-3-1-2-9(15(19,20)21)14(10)22-13(23)7-24-12-5-4-8(18)6-11(12)17/h1-6H,7H2,(H,22,23). The summed E-state index contributed by atoms with van der Waals surface area (Å²) in [7, 11) is 0. The van der Waals surface area contributed by atoms with E-state index in [1.54, 1.807) is 0 Å². The number of carbonyl (C=O) groups is 1. The van der Waals surface area contributed by atoms with Crippen LogP contribution in [0.4, 0.5) is 23.2 Å². The molecule has 2 aromatic rings. The smallest absolute Gasteiger partial charge is 0.418 e. The predicted octanol–water partition coefficient (Wildman–Crippen LogP) is 5.17. The first-order valence-corrected chi connectivity index (χ1v) is 7.17. The average molecular weight is 382 g/mol. The molecule has 9 heteroatoms. The van der Waals surface area contributed by atoms with E-state index in [0.29, 0.717) is 0 Å². The van der Waals surface area contributed by atoms with E-state index in [4.69, 9.17) is 27.9 Å². The number of halogens is 6. The summed E-state index contributed by atoms with van der Waals surface area (Å²) in [6.07, 6.45) is -4.69. The highest BCUT2D eigenvalue weighted by atomic mass is 35.5. The van der Waals surface area contributed by atoms with Crippen LogP contribution in [-0.4, -0.2) is 12.5 Å². The number of hydrogen-bond donors (Lipinski definition) is 1. The Labute approximate surface area is 144 Å². The van der Waals surface area contributed by atoms with Crippen molar-refractivity contribution in [1.82, 2.24) is 0 Å². The van der Waals surface area contributed by atoms with E-state index in [-0.39, 0.29) is 15.8 Å². The van der Waals surface area contributed by atoms with Gasteiger partial charge in [-0.15, -0.1) is 0 Å². The highest BCUT2D eigenvalue weighted by Crippen LogP contribution is 2.38. The summed E-state index contributed by atoms with van der Waals surface area (Å²) >= 11 is 11.4. The van der Waals surface area contributed by atoms with Gasteiger partial charge in [-0.2, -0.15) is 13.2 Å². The fourth-order valence-corrected chi connectivity index (χ4v) is 2.24. The predicted molar refractivity (Wildman–Crippen MR) is 82.0 cm³/mol. The zero-order chi connectivity index (χ0) is 17.9. The van der Waals surface area contributed by atoms with Gasteiger partial charge in [0.25, 0.3) is 5.91 Å². The highest BCUT2D eigenvalue weighted by Gasteiger charge is 2.34. The lowest BCUT2D eigenvalue weighted by atomic mass is 10.1. The second kappa shape index (κ2) is 7.27. The first kappa shape index (κ1) is 18.4. The van der Waals surface area contributed by atoms with Crippen LogP contribution < -0.4 is 10.1 Å². The number of carbonyl (C=O) groups excluding carboxylic acids is 1. The third kappa shape index (κ3) is 4.52. The van der Waals surface area contributed by atoms with Crippen molar-refractivity contribution in [3.05, 3.63) is 57.8 Å². The number of ether oxygens (including phenoxy) is 1. The van der Waals surface area contributed by atoms with Crippen LogP contribution in [0.25, 0.3) is 0 Å². The number of para-hydroxylation sites is 1. The van der Waals surface area contributed by atoms with Crippen LogP contribution in [0.2, 0.25) is 10.0 Å². The molecule has 2 rings (SSSR count). The molecule has 0 unspecified atom stereocenters. The lowest BCUT2D eigenvalue weighted by Crippen LogP contribution is -2.22. The van der Waals surface area contributed by atoms with Gasteiger partial charge in [-0.3, -0.25) is 4.79 Å². The lowest BCUT2D eigenvalue weighted by Gasteiger charge is -2.15. The number of rotatable bonds is 4. The first-order valence-electron chi connectivity index (χ1n) is 6.42. The van der Waals surface area contributed by atoms with E-state index in [0.717, 1.165) is 24.3 Å². The average Bonchev–Trinajstić information content (AvgIpc) is 2.47. The fourth-order valence-electron chi connectivity index (χ4n) is 1.80. The van der Waals surface area contributed by atoms with Gasteiger partial charge < -0.3 is 10.1 Å². The number of benzene rings is 2. The summed E-state index contributed by atoms with van der Waals surface area (Å²) in [6, 6.07) is 6.36. The topological polar surface area (TPSA) is 38.3 Å². The molecule has 24 heavy (non-hydrogen) atoms. The van der Waals surface area contributed by atoms with Gasteiger partial charge in [-0.1, -0.05) is 29.3 Å². The van der Waals surface area contributed by atoms with Gasteiger partial charge in [0.15, 0.2) is 6.61 Å². The second-order valence-electron chi connectivity index (χ2n) is 4.57. The zero-order valence-corrected chi connectivity index (χ0v) is 13.3. The molecule has 3 nitrogen and oxygen atoms in total. The van der Waals surface area contributed by atoms with E-state index >= 15 is 0 Å². The molecule has 0 heterocycles. The van der Waals surface area contributed by atoms with Crippen LogP contribution in [0.15, 0.2) is 36.4 Å². The van der Waals surface area contributed by atoms with Crippen LogP contribution in [0, 0.1) is 5.82 Å². The summed E-state index contributed by atoms with van der Waals surface area (Å²) in [5.41, 5.74) is -1.64. The second-order valence-corrected chi connectivity index (χ2v) is 5.39. The van der Waals surface area contributed by atoms with Crippen LogP contribution >= 0.6 is 23.2 Å². The maximum Gasteiger partial charge on any atom is 0.418 e. The van der Waals surface area contributed by atoms with E-state index in [1.807, 2.05) is 0 Å². The van der Waals surface area contributed by atoms with Gasteiger partial charge in [-0.05, 0) is 30.3 Å². The Balaban J connectivity index is 2.10. The van der Waals surface area contributed by atoms with E-state index in [2.05, 4.69) is 5.32 Å². The van der Waals surface area contributed by atoms with Crippen molar-refractivity contribution < 1.29 is 27.1 Å². The molecule has 2 aromatic carbocycles. The van der Waals surface area contributed by atoms with Crippen LogP contribution in [0.1, 0.15) is 5.56 Å². The third-order valence-corrected chi connectivity index (χ3v) is 3.45. The molecular weight excluding hydrogens is 373 g/mol. The molecule has 0 aliphatic rings. The van der Waals surface area contributed by atoms with E-state index in [9.17, 15) is 22.4 Å². The molecule has 0 saturated carbocycles. The van der Waals surface area contributed by atoms with Gasteiger partial charge in [0, 0.05) is 0 Å². The van der Waals surface area contributed by atoms with Crippen molar-refractivity contribution >= 4 is 34.8 Å². The summed E-state index contributed by atoms with van der Waals surface area (Å²) < 4.78 is 56.7. The summed E-state index contributed by atoms with van der Waals surface area (Å²) in [6.45, 7) is -0.631. The largest absolute Gasteiger partial charge is 0.482 e. The van der Waals surface area contributed by atoms with Crippen molar-refractivity contribution in [1.29, 1.82) is 0 Å². The minimum atomic E-state index is -4.69. The molecule has 0 aliphatic heterocycles. The lowest BCUT2D eigenvalue weighted by molar-refractivity contribution is -0.137. The molecule has 0 aromatic heterocycles. The molecule has 0 aliphatic carbocycles. The van der Waals surface area contributed by atoms with E-state index < -0.39 is 35.8 Å². The normalized spacial score (nSPS) is 11.2. The molecular formula is C15H9Cl2F4NO2.